The van der Waals surface area contributed by atoms with Crippen LogP contribution in [0.4, 0.5) is 0 Å². The first-order chi connectivity index (χ1) is 12.6. The summed E-state index contributed by atoms with van der Waals surface area (Å²) in [4.78, 5) is 26.7. The lowest BCUT2D eigenvalue weighted by molar-refractivity contribution is -0.140. The average molecular weight is 355 g/mol. The first-order valence-electron chi connectivity index (χ1n) is 8.54. The Kier molecular flexibility index (Phi) is 5.11. The Morgan fingerprint density at radius 3 is 2.54 bits per heavy atom. The first kappa shape index (κ1) is 17.8. The summed E-state index contributed by atoms with van der Waals surface area (Å²) in [7, 11) is 1.55. The Hall–Kier alpha value is -3.02. The molecular formula is C20H21NO5. The third-order valence-corrected chi connectivity index (χ3v) is 4.47. The van der Waals surface area contributed by atoms with E-state index < -0.39 is 17.7 Å². The molecule has 1 aromatic carbocycles. The summed E-state index contributed by atoms with van der Waals surface area (Å²) in [6, 6.07) is 9.34. The Labute approximate surface area is 151 Å². The van der Waals surface area contributed by atoms with Gasteiger partial charge in [0, 0.05) is 12.1 Å². The van der Waals surface area contributed by atoms with Crippen molar-refractivity contribution >= 4 is 17.4 Å². The number of carbonyl (C=O) groups is 2. The molecule has 1 unspecified atom stereocenters. The number of hydrogen-bond acceptors (Lipinski definition) is 5. The molecule has 1 aromatic heterocycles. The van der Waals surface area contributed by atoms with Crippen molar-refractivity contribution in [1.29, 1.82) is 0 Å². The third-order valence-electron chi connectivity index (χ3n) is 4.47. The molecule has 0 aliphatic carbocycles. The molecule has 6 nitrogen and oxygen atoms in total. The number of amides is 1. The molecular weight excluding hydrogens is 334 g/mol. The number of nitrogens with zero attached hydrogens (tertiary/aromatic N) is 1. The van der Waals surface area contributed by atoms with E-state index >= 15 is 0 Å². The largest absolute Gasteiger partial charge is 0.507 e. The van der Waals surface area contributed by atoms with E-state index in [4.69, 9.17) is 9.15 Å². The second-order valence-corrected chi connectivity index (χ2v) is 6.09. The van der Waals surface area contributed by atoms with Crippen LogP contribution in [-0.2, 0) is 9.59 Å². The molecule has 0 radical (unpaired) electrons. The molecule has 2 heterocycles. The van der Waals surface area contributed by atoms with E-state index in [1.54, 1.807) is 43.5 Å². The zero-order chi connectivity index (χ0) is 18.7. The number of aliphatic hydroxyl groups excluding tert-OH is 1. The first-order valence-corrected chi connectivity index (χ1v) is 8.54. The lowest BCUT2D eigenvalue weighted by atomic mass is 9.99. The number of Topliss-reactive ketones (excluding diaryl/α,β-unsaturated/α-hetero) is 1. The number of carbonyl (C=O) groups excluding carboxylic acids is 2. The maximum Gasteiger partial charge on any atom is 0.295 e. The van der Waals surface area contributed by atoms with Gasteiger partial charge in [0.2, 0.25) is 0 Å². The van der Waals surface area contributed by atoms with Crippen LogP contribution in [0.25, 0.3) is 5.76 Å². The molecule has 136 valence electrons. The van der Waals surface area contributed by atoms with Crippen molar-refractivity contribution in [1.82, 2.24) is 4.90 Å². The number of ketones is 1. The van der Waals surface area contributed by atoms with Crippen LogP contribution in [0.5, 0.6) is 5.75 Å². The van der Waals surface area contributed by atoms with Crippen molar-refractivity contribution < 1.29 is 23.8 Å². The van der Waals surface area contributed by atoms with Gasteiger partial charge in [0.15, 0.2) is 0 Å². The summed E-state index contributed by atoms with van der Waals surface area (Å²) in [5, 5.41) is 10.8. The average Bonchev–Trinajstić information content (AvgIpc) is 3.27. The monoisotopic (exact) mass is 355 g/mol. The van der Waals surface area contributed by atoms with Crippen LogP contribution < -0.4 is 4.74 Å². The number of ether oxygens (including phenoxy) is 1. The van der Waals surface area contributed by atoms with Crippen LogP contribution in [-0.4, -0.2) is 35.4 Å². The SMILES string of the molecule is CCCCN1C(=O)C(=O)/C(=C(\O)c2ccc(OC)cc2)C1c1ccco1. The summed E-state index contributed by atoms with van der Waals surface area (Å²) < 4.78 is 10.6. The van der Waals surface area contributed by atoms with Crippen molar-refractivity contribution in [2.45, 2.75) is 25.8 Å². The number of hydrogen-bond donors (Lipinski definition) is 1. The van der Waals surface area contributed by atoms with Crippen LogP contribution in [0.1, 0.15) is 37.1 Å². The summed E-state index contributed by atoms with van der Waals surface area (Å²) in [6.45, 7) is 2.43. The molecule has 2 aromatic rings. The molecule has 1 saturated heterocycles. The van der Waals surface area contributed by atoms with E-state index in [1.807, 2.05) is 6.92 Å². The van der Waals surface area contributed by atoms with Gasteiger partial charge < -0.3 is 19.2 Å². The molecule has 3 rings (SSSR count). The highest BCUT2D eigenvalue weighted by molar-refractivity contribution is 6.46. The molecule has 1 fully saturated rings. The standard InChI is InChI=1S/C20H21NO5/c1-3-4-11-21-17(15-6-5-12-26-15)16(19(23)20(21)24)18(22)13-7-9-14(25-2)10-8-13/h5-10,12,17,22H,3-4,11H2,1-2H3/b18-16-. The van der Waals surface area contributed by atoms with Crippen molar-refractivity contribution in [2.75, 3.05) is 13.7 Å². The van der Waals surface area contributed by atoms with Crippen molar-refractivity contribution in [3.63, 3.8) is 0 Å². The summed E-state index contributed by atoms with van der Waals surface area (Å²) in [6.07, 6.45) is 3.13. The zero-order valence-electron chi connectivity index (χ0n) is 14.8. The van der Waals surface area contributed by atoms with E-state index in [0.717, 1.165) is 12.8 Å². The highest BCUT2D eigenvalue weighted by Gasteiger charge is 2.47. The van der Waals surface area contributed by atoms with Gasteiger partial charge in [-0.3, -0.25) is 9.59 Å². The topological polar surface area (TPSA) is 80.0 Å². The van der Waals surface area contributed by atoms with Crippen molar-refractivity contribution in [3.05, 3.63) is 59.6 Å². The lowest BCUT2D eigenvalue weighted by Gasteiger charge is -2.23. The third kappa shape index (κ3) is 3.10. The van der Waals surface area contributed by atoms with Gasteiger partial charge in [0.05, 0.1) is 18.9 Å². The van der Waals surface area contributed by atoms with E-state index in [2.05, 4.69) is 0 Å². The number of rotatable bonds is 6. The predicted octanol–water partition coefficient (Wildman–Crippen LogP) is 3.51. The molecule has 1 amide bonds. The van der Waals surface area contributed by atoms with Crippen molar-refractivity contribution in [3.8, 4) is 5.75 Å². The van der Waals surface area contributed by atoms with Crippen LogP contribution in [0, 0.1) is 0 Å². The molecule has 26 heavy (non-hydrogen) atoms. The number of aliphatic hydroxyl groups is 1. The van der Waals surface area contributed by atoms with E-state index in [9.17, 15) is 14.7 Å². The zero-order valence-corrected chi connectivity index (χ0v) is 14.8. The smallest absolute Gasteiger partial charge is 0.295 e. The van der Waals surface area contributed by atoms with Gasteiger partial charge in [0.25, 0.3) is 11.7 Å². The minimum absolute atomic E-state index is 0.0474. The molecule has 1 aliphatic heterocycles. The van der Waals surface area contributed by atoms with Crippen LogP contribution in [0.3, 0.4) is 0 Å². The van der Waals surface area contributed by atoms with Gasteiger partial charge in [0.1, 0.15) is 23.3 Å². The lowest BCUT2D eigenvalue weighted by Crippen LogP contribution is -2.30. The molecule has 1 N–H and O–H groups in total. The van der Waals surface area contributed by atoms with Gasteiger partial charge >= 0.3 is 0 Å². The fourth-order valence-corrected chi connectivity index (χ4v) is 3.09. The molecule has 0 spiro atoms. The minimum Gasteiger partial charge on any atom is -0.507 e. The Morgan fingerprint density at radius 2 is 1.96 bits per heavy atom. The Morgan fingerprint density at radius 1 is 1.23 bits per heavy atom. The Balaban J connectivity index is 2.09. The number of benzene rings is 1. The molecule has 6 heteroatoms. The van der Waals surface area contributed by atoms with E-state index in [1.165, 1.54) is 11.2 Å². The second kappa shape index (κ2) is 7.47. The quantitative estimate of drug-likeness (QED) is 0.487. The van der Waals surface area contributed by atoms with Gasteiger partial charge in [-0.1, -0.05) is 13.3 Å². The number of likely N-dealkylation sites (tertiary alicyclic amines) is 1. The summed E-state index contributed by atoms with van der Waals surface area (Å²) in [5.74, 6) is -0.444. The van der Waals surface area contributed by atoms with Gasteiger partial charge in [-0.15, -0.1) is 0 Å². The minimum atomic E-state index is -0.723. The number of methoxy groups -OCH3 is 1. The summed E-state index contributed by atoms with van der Waals surface area (Å²) >= 11 is 0. The number of furan rings is 1. The van der Waals surface area contributed by atoms with Crippen LogP contribution in [0.15, 0.2) is 52.7 Å². The highest BCUT2D eigenvalue weighted by Crippen LogP contribution is 2.39. The van der Waals surface area contributed by atoms with Gasteiger partial charge in [-0.25, -0.2) is 0 Å². The van der Waals surface area contributed by atoms with Gasteiger partial charge in [-0.2, -0.15) is 0 Å². The van der Waals surface area contributed by atoms with Crippen LogP contribution in [0.2, 0.25) is 0 Å². The van der Waals surface area contributed by atoms with Crippen molar-refractivity contribution in [2.24, 2.45) is 0 Å². The van der Waals surface area contributed by atoms with E-state index in [-0.39, 0.29) is 11.3 Å². The molecule has 1 aliphatic rings. The Bertz CT molecular complexity index is 820. The van der Waals surface area contributed by atoms with E-state index in [0.29, 0.717) is 23.6 Å². The summed E-state index contributed by atoms with van der Waals surface area (Å²) in [5.41, 5.74) is 0.488. The highest BCUT2D eigenvalue weighted by atomic mass is 16.5. The van der Waals surface area contributed by atoms with Gasteiger partial charge in [-0.05, 0) is 42.8 Å². The van der Waals surface area contributed by atoms with Crippen LogP contribution >= 0.6 is 0 Å². The fraction of sp³-hybridized carbons (Fsp3) is 0.300. The molecule has 0 saturated carbocycles. The normalized spacial score (nSPS) is 19.2. The molecule has 1 atom stereocenters. The predicted molar refractivity (Wildman–Crippen MR) is 95.6 cm³/mol. The maximum absolute atomic E-state index is 12.6. The maximum atomic E-state index is 12.6. The number of unbranched alkanes of at least 4 members (excludes halogenated alkanes) is 1. The molecule has 0 bridgehead atoms. The fourth-order valence-electron chi connectivity index (χ4n) is 3.09. The second-order valence-electron chi connectivity index (χ2n) is 6.09.